The lowest BCUT2D eigenvalue weighted by atomic mass is 9.79. The van der Waals surface area contributed by atoms with Gasteiger partial charge in [0, 0.05) is 41.5 Å². The number of aromatic amines is 1. The molecule has 0 bridgehead atoms. The van der Waals surface area contributed by atoms with Crippen molar-refractivity contribution in [3.63, 3.8) is 0 Å². The van der Waals surface area contributed by atoms with Gasteiger partial charge in [-0.2, -0.15) is 5.10 Å². The normalized spacial score (nSPS) is 17.6. The third-order valence-electron chi connectivity index (χ3n) is 6.06. The molecule has 0 amide bonds. The van der Waals surface area contributed by atoms with Crippen LogP contribution >= 0.6 is 35.1 Å². The molecule has 0 unspecified atom stereocenters. The van der Waals surface area contributed by atoms with Gasteiger partial charge < -0.3 is 10.2 Å². The molecule has 0 radical (unpaired) electrons. The number of hydrogen-bond acceptors (Lipinski definition) is 7. The molecule has 0 atom stereocenters. The van der Waals surface area contributed by atoms with Crippen LogP contribution in [0.5, 0.6) is 0 Å². The zero-order valence-corrected chi connectivity index (χ0v) is 22.0. The minimum Gasteiger partial charge on any atom is -0.348 e. The fourth-order valence-corrected chi connectivity index (χ4v) is 7.02. The standard InChI is InChI=1S/C23H26F2N6S2.ClH/c1-22(2)8-14(9-23(3,4)30-22)31(5)21-29-20-19(33-21)28-18(32-20)12-6-15(24)17(16(25)7-12)13-10-26-27-11-13;/h6-7,10-11,14,30H,8-9H2,1-5H3,(H,26,27);1H. The molecule has 0 aliphatic carbocycles. The Kier molecular flexibility index (Phi) is 6.48. The summed E-state index contributed by atoms with van der Waals surface area (Å²) in [5.41, 5.74) is 0.759. The molecule has 11 heteroatoms. The summed E-state index contributed by atoms with van der Waals surface area (Å²) < 4.78 is 29.4. The van der Waals surface area contributed by atoms with Crippen LogP contribution in [-0.4, -0.2) is 44.3 Å². The summed E-state index contributed by atoms with van der Waals surface area (Å²) >= 11 is 2.87. The predicted molar refractivity (Wildman–Crippen MR) is 138 cm³/mol. The Labute approximate surface area is 211 Å². The Hall–Kier alpha value is -2.14. The maximum absolute atomic E-state index is 14.7. The summed E-state index contributed by atoms with van der Waals surface area (Å²) in [5, 5.41) is 11.5. The first-order chi connectivity index (χ1) is 15.5. The van der Waals surface area contributed by atoms with E-state index < -0.39 is 11.6 Å². The fraction of sp³-hybridized carbons (Fsp3) is 0.435. The molecule has 1 aliphatic heterocycles. The van der Waals surface area contributed by atoms with E-state index in [0.29, 0.717) is 22.2 Å². The van der Waals surface area contributed by atoms with E-state index in [4.69, 9.17) is 4.98 Å². The SMILES string of the molecule is CN(c1nc2sc(-c3cc(F)c(-c4cn[nH]c4)c(F)c3)nc2s1)C1CC(C)(C)NC(C)(C)C1.Cl. The Morgan fingerprint density at radius 1 is 0.971 bits per heavy atom. The molecule has 0 saturated carbocycles. The van der Waals surface area contributed by atoms with Crippen molar-refractivity contribution in [3.05, 3.63) is 36.2 Å². The summed E-state index contributed by atoms with van der Waals surface area (Å²) in [6.45, 7) is 8.94. The van der Waals surface area contributed by atoms with E-state index in [9.17, 15) is 8.78 Å². The van der Waals surface area contributed by atoms with Gasteiger partial charge >= 0.3 is 0 Å². The molecule has 3 aromatic heterocycles. The van der Waals surface area contributed by atoms with Gasteiger partial charge in [0.15, 0.2) is 14.8 Å². The van der Waals surface area contributed by atoms with Crippen LogP contribution in [0.1, 0.15) is 40.5 Å². The van der Waals surface area contributed by atoms with E-state index in [0.717, 1.165) is 27.6 Å². The number of aromatic nitrogens is 4. The summed E-state index contributed by atoms with van der Waals surface area (Å²) in [6.07, 6.45) is 4.89. The largest absolute Gasteiger partial charge is 0.348 e. The Morgan fingerprint density at radius 3 is 2.15 bits per heavy atom. The number of anilines is 1. The van der Waals surface area contributed by atoms with Gasteiger partial charge in [0.05, 0.1) is 11.8 Å². The van der Waals surface area contributed by atoms with E-state index in [2.05, 4.69) is 60.1 Å². The van der Waals surface area contributed by atoms with Crippen LogP contribution in [0.15, 0.2) is 24.5 Å². The van der Waals surface area contributed by atoms with E-state index in [1.54, 1.807) is 0 Å². The molecule has 1 fully saturated rings. The molecule has 2 N–H and O–H groups in total. The number of benzene rings is 1. The van der Waals surface area contributed by atoms with Gasteiger partial charge in [-0.25, -0.2) is 18.7 Å². The second-order valence-electron chi connectivity index (χ2n) is 9.99. The average Bonchev–Trinajstić information content (AvgIpc) is 3.40. The zero-order chi connectivity index (χ0) is 23.5. The third-order valence-corrected chi connectivity index (χ3v) is 8.23. The van der Waals surface area contributed by atoms with E-state index >= 15 is 0 Å². The molecule has 0 spiro atoms. The van der Waals surface area contributed by atoms with Crippen molar-refractivity contribution in [3.8, 4) is 21.7 Å². The summed E-state index contributed by atoms with van der Waals surface area (Å²) in [7, 11) is 2.09. The summed E-state index contributed by atoms with van der Waals surface area (Å²) in [6, 6.07) is 3.00. The average molecular weight is 525 g/mol. The van der Waals surface area contributed by atoms with Crippen LogP contribution in [0.3, 0.4) is 0 Å². The first-order valence-electron chi connectivity index (χ1n) is 10.8. The van der Waals surface area contributed by atoms with E-state index in [-0.39, 0.29) is 29.0 Å². The lowest BCUT2D eigenvalue weighted by Gasteiger charge is -2.48. The van der Waals surface area contributed by atoms with Crippen LogP contribution in [0.2, 0.25) is 0 Å². The van der Waals surface area contributed by atoms with Gasteiger partial charge in [0.1, 0.15) is 16.6 Å². The lowest BCUT2D eigenvalue weighted by Crippen LogP contribution is -2.61. The van der Waals surface area contributed by atoms with Crippen molar-refractivity contribution in [2.75, 3.05) is 11.9 Å². The smallest absolute Gasteiger partial charge is 0.188 e. The van der Waals surface area contributed by atoms with Crippen molar-refractivity contribution in [1.82, 2.24) is 25.5 Å². The van der Waals surface area contributed by atoms with Crippen LogP contribution in [0, 0.1) is 11.6 Å². The highest BCUT2D eigenvalue weighted by molar-refractivity contribution is 7.29. The van der Waals surface area contributed by atoms with Gasteiger partial charge in [0.25, 0.3) is 0 Å². The highest BCUT2D eigenvalue weighted by Gasteiger charge is 2.39. The predicted octanol–water partition coefficient (Wildman–Crippen LogP) is 6.26. The molecular weight excluding hydrogens is 498 g/mol. The third kappa shape index (κ3) is 4.68. The van der Waals surface area contributed by atoms with Crippen molar-refractivity contribution in [1.29, 1.82) is 0 Å². The van der Waals surface area contributed by atoms with Gasteiger partial charge in [-0.1, -0.05) is 22.7 Å². The highest BCUT2D eigenvalue weighted by Crippen LogP contribution is 2.40. The zero-order valence-electron chi connectivity index (χ0n) is 19.6. The maximum atomic E-state index is 14.7. The number of piperidine rings is 1. The molecule has 4 heterocycles. The second kappa shape index (κ2) is 8.82. The van der Waals surface area contributed by atoms with Crippen LogP contribution in [0.25, 0.3) is 31.4 Å². The Balaban J connectivity index is 0.00000274. The number of H-pyrrole nitrogens is 1. The van der Waals surface area contributed by atoms with Crippen molar-refractivity contribution >= 4 is 49.9 Å². The number of nitrogens with one attached hydrogen (secondary N) is 2. The first-order valence-corrected chi connectivity index (χ1v) is 12.4. The molecule has 1 aliphatic rings. The second-order valence-corrected chi connectivity index (χ2v) is 11.9. The monoisotopic (exact) mass is 524 g/mol. The van der Waals surface area contributed by atoms with Gasteiger partial charge in [0.2, 0.25) is 0 Å². The minimum atomic E-state index is -0.644. The number of thiazole rings is 2. The topological polar surface area (TPSA) is 69.7 Å². The summed E-state index contributed by atoms with van der Waals surface area (Å²) in [4.78, 5) is 13.3. The van der Waals surface area contributed by atoms with E-state index in [1.165, 1.54) is 47.2 Å². The lowest BCUT2D eigenvalue weighted by molar-refractivity contribution is 0.161. The maximum Gasteiger partial charge on any atom is 0.188 e. The molecule has 5 rings (SSSR count). The molecule has 182 valence electrons. The van der Waals surface area contributed by atoms with Crippen molar-refractivity contribution < 1.29 is 8.78 Å². The van der Waals surface area contributed by atoms with Gasteiger partial charge in [-0.05, 0) is 52.7 Å². The fourth-order valence-electron chi connectivity index (χ4n) is 4.96. The number of halogens is 3. The van der Waals surface area contributed by atoms with E-state index in [1.807, 2.05) is 0 Å². The molecule has 4 aromatic rings. The molecule has 1 saturated heterocycles. The van der Waals surface area contributed by atoms with Crippen LogP contribution in [0.4, 0.5) is 13.9 Å². The van der Waals surface area contributed by atoms with Crippen molar-refractivity contribution in [2.24, 2.45) is 0 Å². The van der Waals surface area contributed by atoms with Gasteiger partial charge in [-0.15, -0.1) is 12.4 Å². The Bertz CT molecular complexity index is 1240. The first kappa shape index (κ1) is 25.0. The molecule has 34 heavy (non-hydrogen) atoms. The molecular formula is C23H27ClF2N6S2. The molecule has 1 aromatic carbocycles. The summed E-state index contributed by atoms with van der Waals surface area (Å²) in [5.74, 6) is -1.29. The van der Waals surface area contributed by atoms with Crippen molar-refractivity contribution in [2.45, 2.75) is 57.7 Å². The van der Waals surface area contributed by atoms with Crippen LogP contribution in [-0.2, 0) is 0 Å². The highest BCUT2D eigenvalue weighted by atomic mass is 35.5. The number of hydrogen-bond donors (Lipinski definition) is 2. The molecule has 6 nitrogen and oxygen atoms in total. The quantitative estimate of drug-likeness (QED) is 0.330. The number of nitrogens with zero attached hydrogens (tertiary/aromatic N) is 4. The number of rotatable bonds is 4. The Morgan fingerprint density at radius 2 is 1.59 bits per heavy atom. The number of fused-ring (bicyclic) bond motifs is 1. The van der Waals surface area contributed by atoms with Gasteiger partial charge in [-0.3, -0.25) is 5.10 Å². The minimum absolute atomic E-state index is 0. The van der Waals surface area contributed by atoms with Crippen LogP contribution < -0.4 is 10.2 Å².